The number of ether oxygens (including phenoxy) is 2. The minimum absolute atomic E-state index is 0.0716. The van der Waals surface area contributed by atoms with E-state index in [-0.39, 0.29) is 11.5 Å². The molecule has 1 spiro atoms. The van der Waals surface area contributed by atoms with Gasteiger partial charge in [0, 0.05) is 12.1 Å². The molecule has 0 amide bonds. The van der Waals surface area contributed by atoms with E-state index in [1.807, 2.05) is 0 Å². The van der Waals surface area contributed by atoms with Gasteiger partial charge >= 0.3 is 0 Å². The average molecular weight is 271 g/mol. The molecular formula is C17H21NO2. The Morgan fingerprint density at radius 3 is 3.15 bits per heavy atom. The lowest BCUT2D eigenvalue weighted by molar-refractivity contribution is 0.140. The van der Waals surface area contributed by atoms with E-state index in [1.54, 1.807) is 7.11 Å². The number of methoxy groups -OCH3 is 1. The largest absolute Gasteiger partial charge is 0.493 e. The predicted molar refractivity (Wildman–Crippen MR) is 78.4 cm³/mol. The summed E-state index contributed by atoms with van der Waals surface area (Å²) in [7, 11) is 3.94. The van der Waals surface area contributed by atoms with Gasteiger partial charge in [0.05, 0.1) is 12.5 Å². The Hall–Kier alpha value is -1.48. The molecule has 0 N–H and O–H groups in total. The second-order valence-corrected chi connectivity index (χ2v) is 6.25. The van der Waals surface area contributed by atoms with E-state index in [0.29, 0.717) is 0 Å². The molecule has 0 radical (unpaired) electrons. The Bertz CT molecular complexity index is 581. The van der Waals surface area contributed by atoms with Crippen LogP contribution in [0.4, 0.5) is 0 Å². The van der Waals surface area contributed by atoms with E-state index in [9.17, 15) is 0 Å². The van der Waals surface area contributed by atoms with Crippen LogP contribution in [-0.4, -0.2) is 31.7 Å². The van der Waals surface area contributed by atoms with Crippen molar-refractivity contribution in [2.24, 2.45) is 0 Å². The highest BCUT2D eigenvalue weighted by molar-refractivity contribution is 5.60. The third kappa shape index (κ3) is 1.50. The van der Waals surface area contributed by atoms with Gasteiger partial charge < -0.3 is 14.4 Å². The van der Waals surface area contributed by atoms with Crippen molar-refractivity contribution >= 4 is 0 Å². The molecule has 3 nitrogen and oxygen atoms in total. The molecule has 3 aliphatic rings. The zero-order valence-electron chi connectivity index (χ0n) is 12.2. The van der Waals surface area contributed by atoms with Gasteiger partial charge in [-0.05, 0) is 44.5 Å². The lowest BCUT2D eigenvalue weighted by Gasteiger charge is -2.34. The van der Waals surface area contributed by atoms with E-state index in [4.69, 9.17) is 9.47 Å². The van der Waals surface area contributed by atoms with Crippen LogP contribution in [0.3, 0.4) is 0 Å². The van der Waals surface area contributed by atoms with E-state index in [2.05, 4.69) is 36.2 Å². The van der Waals surface area contributed by atoms with Gasteiger partial charge in [0.15, 0.2) is 11.5 Å². The van der Waals surface area contributed by atoms with E-state index in [1.165, 1.54) is 11.1 Å². The average Bonchev–Trinajstić information content (AvgIpc) is 2.74. The molecule has 0 aromatic heterocycles. The second-order valence-electron chi connectivity index (χ2n) is 6.25. The fourth-order valence-corrected chi connectivity index (χ4v) is 4.10. The second kappa shape index (κ2) is 4.26. The topological polar surface area (TPSA) is 21.7 Å². The Labute approximate surface area is 120 Å². The molecule has 0 fully saturated rings. The standard InChI is InChI=1S/C17H21NO2/c1-18-10-9-17-8-4-3-5-14(17)20-16-13(19-2)7-6-12(11-18)15(16)17/h4,6-8,14H,3,5,9-11H2,1-2H3/t14-,17-/m0/s1. The fourth-order valence-electron chi connectivity index (χ4n) is 4.10. The van der Waals surface area contributed by atoms with E-state index < -0.39 is 0 Å². The van der Waals surface area contributed by atoms with Gasteiger partial charge in [-0.3, -0.25) is 0 Å². The molecule has 20 heavy (non-hydrogen) atoms. The summed E-state index contributed by atoms with van der Waals surface area (Å²) in [6.45, 7) is 2.11. The molecule has 3 heteroatoms. The van der Waals surface area contributed by atoms with Crippen molar-refractivity contribution in [1.82, 2.24) is 4.90 Å². The zero-order chi connectivity index (χ0) is 13.7. The quantitative estimate of drug-likeness (QED) is 0.733. The summed E-state index contributed by atoms with van der Waals surface area (Å²) in [6.07, 6.45) is 8.39. The van der Waals surface area contributed by atoms with Crippen LogP contribution in [0.5, 0.6) is 11.5 Å². The van der Waals surface area contributed by atoms with Gasteiger partial charge in [0.1, 0.15) is 6.10 Å². The van der Waals surface area contributed by atoms with Crippen molar-refractivity contribution in [2.45, 2.75) is 37.3 Å². The maximum absolute atomic E-state index is 6.34. The van der Waals surface area contributed by atoms with Crippen molar-refractivity contribution in [3.63, 3.8) is 0 Å². The molecule has 0 bridgehead atoms. The highest BCUT2D eigenvalue weighted by Crippen LogP contribution is 2.55. The SMILES string of the molecule is COc1ccc2c3c1O[C@H]1CCC=C[C@@]31CCN(C)C2. The predicted octanol–water partition coefficient (Wildman–Crippen LogP) is 2.88. The lowest BCUT2D eigenvalue weighted by atomic mass is 9.69. The highest BCUT2D eigenvalue weighted by Gasteiger charge is 2.51. The zero-order valence-corrected chi connectivity index (χ0v) is 12.2. The van der Waals surface area contributed by atoms with Crippen molar-refractivity contribution in [2.75, 3.05) is 20.7 Å². The summed E-state index contributed by atoms with van der Waals surface area (Å²) < 4.78 is 11.9. The van der Waals surface area contributed by atoms with Crippen molar-refractivity contribution in [3.8, 4) is 11.5 Å². The van der Waals surface area contributed by atoms with E-state index in [0.717, 1.165) is 43.9 Å². The summed E-state index contributed by atoms with van der Waals surface area (Å²) in [4.78, 5) is 2.41. The molecule has 2 atom stereocenters. The molecule has 2 heterocycles. The number of benzene rings is 1. The molecule has 1 aliphatic carbocycles. The molecule has 0 saturated carbocycles. The highest BCUT2D eigenvalue weighted by atomic mass is 16.5. The Balaban J connectivity index is 1.98. The Kier molecular flexibility index (Phi) is 2.61. The summed E-state index contributed by atoms with van der Waals surface area (Å²) in [5.74, 6) is 1.88. The summed E-state index contributed by atoms with van der Waals surface area (Å²) >= 11 is 0. The van der Waals surface area contributed by atoms with E-state index >= 15 is 0 Å². The molecule has 1 aromatic carbocycles. The molecular weight excluding hydrogens is 250 g/mol. The van der Waals surface area contributed by atoms with Crippen LogP contribution in [0.2, 0.25) is 0 Å². The van der Waals surface area contributed by atoms with Crippen LogP contribution in [0, 0.1) is 0 Å². The van der Waals surface area contributed by atoms with Crippen molar-refractivity contribution in [3.05, 3.63) is 35.4 Å². The van der Waals surface area contributed by atoms with Gasteiger partial charge in [-0.25, -0.2) is 0 Å². The fraction of sp³-hybridized carbons (Fsp3) is 0.529. The maximum Gasteiger partial charge on any atom is 0.166 e. The Morgan fingerprint density at radius 1 is 1.40 bits per heavy atom. The third-order valence-corrected chi connectivity index (χ3v) is 5.09. The minimum atomic E-state index is 0.0716. The number of hydrogen-bond donors (Lipinski definition) is 0. The molecule has 4 rings (SSSR count). The normalized spacial score (nSPS) is 31.2. The van der Waals surface area contributed by atoms with Crippen LogP contribution < -0.4 is 9.47 Å². The van der Waals surface area contributed by atoms with Crippen LogP contribution in [0.25, 0.3) is 0 Å². The monoisotopic (exact) mass is 271 g/mol. The summed E-state index contributed by atoms with van der Waals surface area (Å²) in [5, 5.41) is 0. The van der Waals surface area contributed by atoms with Crippen molar-refractivity contribution < 1.29 is 9.47 Å². The molecule has 106 valence electrons. The van der Waals surface area contributed by atoms with Gasteiger partial charge in [0.2, 0.25) is 0 Å². The molecule has 0 saturated heterocycles. The van der Waals surface area contributed by atoms with Gasteiger partial charge in [-0.15, -0.1) is 0 Å². The van der Waals surface area contributed by atoms with Crippen LogP contribution in [0.1, 0.15) is 30.4 Å². The van der Waals surface area contributed by atoms with Crippen LogP contribution in [-0.2, 0) is 12.0 Å². The first-order valence-corrected chi connectivity index (χ1v) is 7.48. The first-order chi connectivity index (χ1) is 9.74. The van der Waals surface area contributed by atoms with Crippen LogP contribution in [0.15, 0.2) is 24.3 Å². The number of nitrogens with zero attached hydrogens (tertiary/aromatic N) is 1. The maximum atomic E-state index is 6.34. The van der Waals surface area contributed by atoms with Crippen molar-refractivity contribution in [1.29, 1.82) is 0 Å². The third-order valence-electron chi connectivity index (χ3n) is 5.09. The lowest BCUT2D eigenvalue weighted by Crippen LogP contribution is -2.39. The number of allylic oxidation sites excluding steroid dienone is 1. The van der Waals surface area contributed by atoms with Gasteiger partial charge in [-0.2, -0.15) is 0 Å². The summed E-state index contributed by atoms with van der Waals surface area (Å²) in [6, 6.07) is 4.28. The smallest absolute Gasteiger partial charge is 0.166 e. The van der Waals surface area contributed by atoms with Gasteiger partial charge in [0.25, 0.3) is 0 Å². The van der Waals surface area contributed by atoms with Gasteiger partial charge in [-0.1, -0.05) is 18.2 Å². The van der Waals surface area contributed by atoms with Crippen LogP contribution >= 0.6 is 0 Å². The number of rotatable bonds is 1. The first-order valence-electron chi connectivity index (χ1n) is 7.48. The molecule has 2 aliphatic heterocycles. The number of hydrogen-bond acceptors (Lipinski definition) is 3. The Morgan fingerprint density at radius 2 is 2.30 bits per heavy atom. The molecule has 0 unspecified atom stereocenters. The minimum Gasteiger partial charge on any atom is -0.493 e. The molecule has 1 aromatic rings. The summed E-state index contributed by atoms with van der Waals surface area (Å²) in [5.41, 5.74) is 2.86. The first kappa shape index (κ1) is 12.3.